The van der Waals surface area contributed by atoms with Gasteiger partial charge in [0.2, 0.25) is 6.10 Å². The third-order valence-electron chi connectivity index (χ3n) is 6.50. The number of carbonyl (C=O) groups excluding carboxylic acids is 3. The first-order chi connectivity index (χ1) is 13.0. The Morgan fingerprint density at radius 3 is 2.07 bits per heavy atom. The zero-order valence-corrected chi connectivity index (χ0v) is 15.6. The number of carbonyl (C=O) groups is 3. The minimum absolute atomic E-state index is 0.275. The molecule has 0 heterocycles. The summed E-state index contributed by atoms with van der Waals surface area (Å²) in [6, 6.07) is 8.26. The van der Waals surface area contributed by atoms with Gasteiger partial charge in [-0.2, -0.15) is 0 Å². The molecular formula is C21H26N2O4. The lowest BCUT2D eigenvalue weighted by Crippen LogP contribution is -2.51. The minimum Gasteiger partial charge on any atom is -0.447 e. The van der Waals surface area contributed by atoms with Gasteiger partial charge in [-0.25, -0.2) is 4.79 Å². The minimum atomic E-state index is -1.12. The van der Waals surface area contributed by atoms with E-state index in [2.05, 4.69) is 10.6 Å². The fourth-order valence-electron chi connectivity index (χ4n) is 5.73. The number of imide groups is 1. The largest absolute Gasteiger partial charge is 0.447 e. The molecule has 144 valence electrons. The Balaban J connectivity index is 1.55. The molecule has 0 saturated heterocycles. The number of nitrogens with one attached hydrogen (secondary N) is 2. The normalized spacial score (nSPS) is 31.8. The molecular weight excluding hydrogens is 344 g/mol. The second-order valence-electron chi connectivity index (χ2n) is 8.46. The number of rotatable bonds is 4. The van der Waals surface area contributed by atoms with Crippen molar-refractivity contribution in [3.8, 4) is 0 Å². The zero-order chi connectivity index (χ0) is 19.0. The average molecular weight is 370 g/mol. The van der Waals surface area contributed by atoms with Gasteiger partial charge in [-0.15, -0.1) is 0 Å². The van der Waals surface area contributed by atoms with Gasteiger partial charge in [0.1, 0.15) is 0 Å². The summed E-state index contributed by atoms with van der Waals surface area (Å²) in [5.41, 5.74) is 0.117. The highest BCUT2D eigenvalue weighted by atomic mass is 16.5. The van der Waals surface area contributed by atoms with Crippen molar-refractivity contribution in [1.29, 1.82) is 0 Å². The topological polar surface area (TPSA) is 84.5 Å². The third kappa shape index (κ3) is 3.45. The van der Waals surface area contributed by atoms with Crippen LogP contribution in [0.5, 0.6) is 0 Å². The van der Waals surface area contributed by atoms with Crippen molar-refractivity contribution in [1.82, 2.24) is 10.6 Å². The van der Waals surface area contributed by atoms with Crippen LogP contribution in [0.4, 0.5) is 4.79 Å². The van der Waals surface area contributed by atoms with Crippen molar-refractivity contribution in [2.45, 2.75) is 44.6 Å². The van der Waals surface area contributed by atoms with Crippen molar-refractivity contribution in [2.75, 3.05) is 7.05 Å². The Hall–Kier alpha value is -2.37. The lowest BCUT2D eigenvalue weighted by Gasteiger charge is -2.55. The molecule has 1 atom stereocenters. The molecule has 3 amide bonds. The molecule has 0 aliphatic heterocycles. The highest BCUT2D eigenvalue weighted by molar-refractivity contribution is 5.98. The summed E-state index contributed by atoms with van der Waals surface area (Å²) in [7, 11) is 1.43. The molecule has 1 aromatic rings. The highest BCUT2D eigenvalue weighted by Crippen LogP contribution is 2.60. The van der Waals surface area contributed by atoms with E-state index in [1.54, 1.807) is 24.3 Å². The molecule has 4 fully saturated rings. The van der Waals surface area contributed by atoms with E-state index in [0.29, 0.717) is 23.3 Å². The van der Waals surface area contributed by atoms with E-state index < -0.39 is 23.5 Å². The lowest BCUT2D eigenvalue weighted by atomic mass is 9.49. The molecule has 0 radical (unpaired) electrons. The van der Waals surface area contributed by atoms with Crippen LogP contribution in [0, 0.1) is 23.2 Å². The fourth-order valence-corrected chi connectivity index (χ4v) is 5.73. The van der Waals surface area contributed by atoms with Crippen LogP contribution in [0.15, 0.2) is 30.3 Å². The van der Waals surface area contributed by atoms with Crippen LogP contribution in [-0.4, -0.2) is 25.0 Å². The first-order valence-electron chi connectivity index (χ1n) is 9.78. The summed E-state index contributed by atoms with van der Waals surface area (Å²) >= 11 is 0. The van der Waals surface area contributed by atoms with E-state index in [1.807, 2.05) is 6.07 Å². The van der Waals surface area contributed by atoms with Crippen LogP contribution >= 0.6 is 0 Å². The number of benzene rings is 1. The molecule has 2 N–H and O–H groups in total. The Morgan fingerprint density at radius 1 is 1.00 bits per heavy atom. The second kappa shape index (κ2) is 6.98. The van der Waals surface area contributed by atoms with E-state index in [0.717, 1.165) is 19.3 Å². The SMILES string of the molecule is CNC(=O)NC(=O)[C@H](OC(=O)C12CC3CC(CC(C3)C1)C2)c1ccccc1. The molecule has 4 aliphatic rings. The number of hydrogen-bond donors (Lipinski definition) is 2. The quantitative estimate of drug-likeness (QED) is 0.798. The van der Waals surface area contributed by atoms with Crippen molar-refractivity contribution in [2.24, 2.45) is 23.2 Å². The Labute approximate surface area is 159 Å². The molecule has 4 saturated carbocycles. The van der Waals surface area contributed by atoms with Crippen molar-refractivity contribution in [3.05, 3.63) is 35.9 Å². The summed E-state index contributed by atoms with van der Waals surface area (Å²) in [5, 5.41) is 4.59. The van der Waals surface area contributed by atoms with Gasteiger partial charge in [0.25, 0.3) is 5.91 Å². The van der Waals surface area contributed by atoms with Gasteiger partial charge in [-0.1, -0.05) is 30.3 Å². The van der Waals surface area contributed by atoms with Crippen molar-refractivity contribution >= 4 is 17.9 Å². The molecule has 27 heavy (non-hydrogen) atoms. The van der Waals surface area contributed by atoms with Gasteiger partial charge in [0, 0.05) is 12.6 Å². The van der Waals surface area contributed by atoms with Crippen LogP contribution in [-0.2, 0) is 14.3 Å². The van der Waals surface area contributed by atoms with Crippen LogP contribution in [0.2, 0.25) is 0 Å². The standard InChI is InChI=1S/C21H26N2O4/c1-22-20(26)23-18(24)17(16-5-3-2-4-6-16)27-19(25)21-10-13-7-14(11-21)9-15(8-13)12-21/h2-6,13-15,17H,7-12H2,1H3,(H2,22,23,24,26)/t13?,14?,15?,17-,21?/m1/s1. The molecule has 4 aliphatic carbocycles. The van der Waals surface area contributed by atoms with E-state index in [4.69, 9.17) is 4.74 Å². The van der Waals surface area contributed by atoms with E-state index in [-0.39, 0.29) is 5.97 Å². The monoisotopic (exact) mass is 370 g/mol. The highest BCUT2D eigenvalue weighted by Gasteiger charge is 2.56. The summed E-state index contributed by atoms with van der Waals surface area (Å²) in [4.78, 5) is 37.4. The molecule has 0 unspecified atom stereocenters. The van der Waals surface area contributed by atoms with Gasteiger partial charge in [-0.3, -0.25) is 14.9 Å². The number of urea groups is 1. The molecule has 0 spiro atoms. The summed E-state index contributed by atoms with van der Waals surface area (Å²) in [6.45, 7) is 0. The number of ether oxygens (including phenoxy) is 1. The maximum atomic E-state index is 13.2. The number of hydrogen-bond acceptors (Lipinski definition) is 4. The summed E-state index contributed by atoms with van der Waals surface area (Å²) < 4.78 is 5.80. The third-order valence-corrected chi connectivity index (χ3v) is 6.50. The van der Waals surface area contributed by atoms with Crippen LogP contribution in [0.25, 0.3) is 0 Å². The maximum absolute atomic E-state index is 13.2. The summed E-state index contributed by atoms with van der Waals surface area (Å²) in [6.07, 6.45) is 5.18. The van der Waals surface area contributed by atoms with E-state index in [9.17, 15) is 14.4 Å². The predicted octanol–water partition coefficient (Wildman–Crippen LogP) is 2.94. The number of esters is 1. The molecule has 6 nitrogen and oxygen atoms in total. The van der Waals surface area contributed by atoms with Gasteiger partial charge >= 0.3 is 12.0 Å². The number of amides is 3. The first kappa shape index (κ1) is 18.0. The van der Waals surface area contributed by atoms with Gasteiger partial charge < -0.3 is 10.1 Å². The summed E-state index contributed by atoms with van der Waals surface area (Å²) in [5.74, 6) is 0.928. The van der Waals surface area contributed by atoms with Gasteiger partial charge in [0.05, 0.1) is 5.41 Å². The molecule has 5 rings (SSSR count). The van der Waals surface area contributed by atoms with E-state index in [1.165, 1.54) is 26.3 Å². The van der Waals surface area contributed by atoms with Crippen molar-refractivity contribution in [3.63, 3.8) is 0 Å². The van der Waals surface area contributed by atoms with Crippen LogP contribution in [0.3, 0.4) is 0 Å². The molecule has 1 aromatic carbocycles. The lowest BCUT2D eigenvalue weighted by molar-refractivity contribution is -0.179. The Kier molecular flexibility index (Phi) is 4.66. The fraction of sp³-hybridized carbons (Fsp3) is 0.571. The van der Waals surface area contributed by atoms with Gasteiger partial charge in [-0.05, 0) is 56.3 Å². The first-order valence-corrected chi connectivity index (χ1v) is 9.78. The smallest absolute Gasteiger partial charge is 0.321 e. The second-order valence-corrected chi connectivity index (χ2v) is 8.46. The predicted molar refractivity (Wildman–Crippen MR) is 98.5 cm³/mol. The zero-order valence-electron chi connectivity index (χ0n) is 15.6. The van der Waals surface area contributed by atoms with Crippen LogP contribution in [0.1, 0.15) is 50.2 Å². The maximum Gasteiger partial charge on any atom is 0.321 e. The molecule has 6 heteroatoms. The Morgan fingerprint density at radius 2 is 1.56 bits per heavy atom. The van der Waals surface area contributed by atoms with Crippen LogP contribution < -0.4 is 10.6 Å². The van der Waals surface area contributed by atoms with E-state index >= 15 is 0 Å². The Bertz CT molecular complexity index is 711. The van der Waals surface area contributed by atoms with Crippen molar-refractivity contribution < 1.29 is 19.1 Å². The van der Waals surface area contributed by atoms with Gasteiger partial charge in [0.15, 0.2) is 0 Å². The molecule has 4 bridgehead atoms. The molecule has 0 aromatic heterocycles. The average Bonchev–Trinajstić information content (AvgIpc) is 2.65.